The molecule has 0 spiro atoms. The zero-order valence-corrected chi connectivity index (χ0v) is 9.06. The predicted octanol–water partition coefficient (Wildman–Crippen LogP) is 1.13. The molecule has 5 nitrogen and oxygen atoms in total. The fourth-order valence-electron chi connectivity index (χ4n) is 1.23. The summed E-state index contributed by atoms with van der Waals surface area (Å²) in [6, 6.07) is 4.83. The average molecular weight is 220 g/mol. The molecule has 0 atom stereocenters. The molecule has 0 saturated heterocycles. The van der Waals surface area contributed by atoms with E-state index in [1.807, 2.05) is 0 Å². The van der Waals surface area contributed by atoms with Crippen molar-refractivity contribution in [1.29, 1.82) is 0 Å². The Balaban J connectivity index is 2.83. The first-order valence-electron chi connectivity index (χ1n) is 4.60. The molecule has 1 amide bonds. The number of carbonyl (C=O) groups excluding carboxylic acids is 2. The van der Waals surface area contributed by atoms with Gasteiger partial charge in [-0.05, 0) is 24.6 Å². The number of benzene rings is 1. The Bertz CT molecular complexity index is 427. The van der Waals surface area contributed by atoms with E-state index >= 15 is 0 Å². The number of aldehydes is 1. The van der Waals surface area contributed by atoms with Crippen molar-refractivity contribution in [3.8, 4) is 0 Å². The Hall–Kier alpha value is -2.17. The van der Waals surface area contributed by atoms with E-state index in [0.717, 1.165) is 18.2 Å². The number of carbonyl (C=O) groups is 2. The largest absolute Gasteiger partial charge is 0.398 e. The van der Waals surface area contributed by atoms with Crippen LogP contribution in [0.2, 0.25) is 0 Å². The summed E-state index contributed by atoms with van der Waals surface area (Å²) in [5, 5.41) is 5.82. The van der Waals surface area contributed by atoms with Gasteiger partial charge in [0.25, 0.3) is 5.91 Å². The zero-order valence-electron chi connectivity index (χ0n) is 9.06. The van der Waals surface area contributed by atoms with E-state index in [-0.39, 0.29) is 5.91 Å². The standard InChI is InChI=1S/C11H12N2O3/c1-8-5-9(6-14)3-4-10(8)11(15)12-7-13-16-2/h3-7H,1-2H3,(H,12,13,15). The fraction of sp³-hybridized carbons (Fsp3) is 0.182. The van der Waals surface area contributed by atoms with Crippen LogP contribution in [0.15, 0.2) is 23.4 Å². The van der Waals surface area contributed by atoms with Gasteiger partial charge in [-0.2, -0.15) is 0 Å². The number of nitrogens with one attached hydrogen (secondary N) is 1. The number of nitrogens with zero attached hydrogens (tertiary/aromatic N) is 1. The highest BCUT2D eigenvalue weighted by atomic mass is 16.6. The van der Waals surface area contributed by atoms with Crippen LogP contribution < -0.4 is 5.32 Å². The van der Waals surface area contributed by atoms with E-state index in [2.05, 4.69) is 15.3 Å². The number of oxime groups is 1. The van der Waals surface area contributed by atoms with E-state index in [1.165, 1.54) is 7.11 Å². The molecule has 0 aliphatic rings. The molecule has 0 radical (unpaired) electrons. The highest BCUT2D eigenvalue weighted by molar-refractivity contribution is 6.01. The fourth-order valence-corrected chi connectivity index (χ4v) is 1.23. The third-order valence-corrected chi connectivity index (χ3v) is 1.98. The van der Waals surface area contributed by atoms with Crippen molar-refractivity contribution in [2.75, 3.05) is 7.11 Å². The van der Waals surface area contributed by atoms with Gasteiger partial charge in [-0.25, -0.2) is 0 Å². The van der Waals surface area contributed by atoms with Gasteiger partial charge in [-0.1, -0.05) is 11.2 Å². The van der Waals surface area contributed by atoms with Crippen LogP contribution in [0, 0.1) is 6.92 Å². The van der Waals surface area contributed by atoms with Crippen LogP contribution in [0.3, 0.4) is 0 Å². The van der Waals surface area contributed by atoms with E-state index in [1.54, 1.807) is 25.1 Å². The van der Waals surface area contributed by atoms with Gasteiger partial charge in [-0.3, -0.25) is 9.59 Å². The van der Waals surface area contributed by atoms with E-state index in [4.69, 9.17) is 0 Å². The molecule has 84 valence electrons. The first-order chi connectivity index (χ1) is 7.69. The number of amides is 1. The van der Waals surface area contributed by atoms with Crippen molar-refractivity contribution in [2.45, 2.75) is 6.92 Å². The lowest BCUT2D eigenvalue weighted by Crippen LogP contribution is -2.22. The number of aryl methyl sites for hydroxylation is 1. The van der Waals surface area contributed by atoms with E-state index < -0.39 is 0 Å². The lowest BCUT2D eigenvalue weighted by molar-refractivity contribution is 0.0975. The van der Waals surface area contributed by atoms with Crippen molar-refractivity contribution >= 4 is 18.5 Å². The normalized spacial score (nSPS) is 10.1. The summed E-state index contributed by atoms with van der Waals surface area (Å²) in [5.74, 6) is -0.296. The molecule has 1 N–H and O–H groups in total. The van der Waals surface area contributed by atoms with E-state index in [0.29, 0.717) is 11.1 Å². The second-order valence-corrected chi connectivity index (χ2v) is 3.08. The van der Waals surface area contributed by atoms with Gasteiger partial charge in [0.1, 0.15) is 19.7 Å². The van der Waals surface area contributed by atoms with Crippen LogP contribution in [0.4, 0.5) is 0 Å². The Morgan fingerprint density at radius 3 is 2.81 bits per heavy atom. The first-order valence-corrected chi connectivity index (χ1v) is 4.60. The molecular formula is C11H12N2O3. The van der Waals surface area contributed by atoms with Gasteiger partial charge in [0, 0.05) is 11.1 Å². The van der Waals surface area contributed by atoms with Gasteiger partial charge >= 0.3 is 0 Å². The van der Waals surface area contributed by atoms with E-state index in [9.17, 15) is 9.59 Å². The lowest BCUT2D eigenvalue weighted by atomic mass is 10.1. The molecule has 0 aliphatic carbocycles. The second-order valence-electron chi connectivity index (χ2n) is 3.08. The lowest BCUT2D eigenvalue weighted by Gasteiger charge is -2.04. The quantitative estimate of drug-likeness (QED) is 0.358. The molecular weight excluding hydrogens is 208 g/mol. The summed E-state index contributed by atoms with van der Waals surface area (Å²) in [7, 11) is 1.38. The Kier molecular flexibility index (Phi) is 4.20. The molecule has 0 saturated carbocycles. The molecule has 0 aliphatic heterocycles. The van der Waals surface area contributed by atoms with Crippen molar-refractivity contribution in [3.63, 3.8) is 0 Å². The SMILES string of the molecule is CON=CNC(=O)c1ccc(C=O)cc1C. The molecule has 0 bridgehead atoms. The average Bonchev–Trinajstić information content (AvgIpc) is 2.29. The van der Waals surface area contributed by atoms with Gasteiger partial charge in [-0.15, -0.1) is 0 Å². The molecule has 5 heteroatoms. The smallest absolute Gasteiger partial charge is 0.256 e. The minimum absolute atomic E-state index is 0.296. The molecule has 1 aromatic rings. The van der Waals surface area contributed by atoms with Crippen LogP contribution in [0.25, 0.3) is 0 Å². The molecule has 0 unspecified atom stereocenters. The zero-order chi connectivity index (χ0) is 12.0. The van der Waals surface area contributed by atoms with Gasteiger partial charge in [0.05, 0.1) is 0 Å². The summed E-state index contributed by atoms with van der Waals surface area (Å²) < 4.78 is 0. The summed E-state index contributed by atoms with van der Waals surface area (Å²) >= 11 is 0. The predicted molar refractivity (Wildman–Crippen MR) is 59.5 cm³/mol. The highest BCUT2D eigenvalue weighted by Crippen LogP contribution is 2.09. The second kappa shape index (κ2) is 5.65. The molecule has 1 aromatic carbocycles. The monoisotopic (exact) mass is 220 g/mol. The minimum atomic E-state index is -0.296. The van der Waals surface area contributed by atoms with Crippen LogP contribution in [0.5, 0.6) is 0 Å². The number of rotatable bonds is 4. The Morgan fingerprint density at radius 1 is 1.50 bits per heavy atom. The molecule has 0 fully saturated rings. The number of hydrogen-bond acceptors (Lipinski definition) is 4. The van der Waals surface area contributed by atoms with Crippen LogP contribution >= 0.6 is 0 Å². The Labute approximate surface area is 93.1 Å². The third kappa shape index (κ3) is 2.91. The highest BCUT2D eigenvalue weighted by Gasteiger charge is 2.07. The maximum absolute atomic E-state index is 11.6. The van der Waals surface area contributed by atoms with Gasteiger partial charge in [0.2, 0.25) is 0 Å². The summed E-state index contributed by atoms with van der Waals surface area (Å²) in [5.41, 5.74) is 1.76. The molecule has 0 aromatic heterocycles. The maximum Gasteiger partial charge on any atom is 0.256 e. The van der Waals surface area contributed by atoms with Crippen molar-refractivity contribution in [3.05, 3.63) is 34.9 Å². The number of hydrogen-bond donors (Lipinski definition) is 1. The maximum atomic E-state index is 11.6. The van der Waals surface area contributed by atoms with Gasteiger partial charge < -0.3 is 10.2 Å². The molecule has 1 rings (SSSR count). The van der Waals surface area contributed by atoms with Crippen molar-refractivity contribution < 1.29 is 14.4 Å². The summed E-state index contributed by atoms with van der Waals surface area (Å²) in [6.45, 7) is 1.76. The first kappa shape index (κ1) is 11.9. The topological polar surface area (TPSA) is 67.8 Å². The van der Waals surface area contributed by atoms with Crippen LogP contribution in [0.1, 0.15) is 26.3 Å². The summed E-state index contributed by atoms with van der Waals surface area (Å²) in [4.78, 5) is 26.5. The Morgan fingerprint density at radius 2 is 2.25 bits per heavy atom. The third-order valence-electron chi connectivity index (χ3n) is 1.98. The van der Waals surface area contributed by atoms with Crippen molar-refractivity contribution in [1.82, 2.24) is 5.32 Å². The van der Waals surface area contributed by atoms with Crippen LogP contribution in [-0.4, -0.2) is 25.6 Å². The van der Waals surface area contributed by atoms with Crippen molar-refractivity contribution in [2.24, 2.45) is 5.16 Å². The molecule has 0 heterocycles. The van der Waals surface area contributed by atoms with Gasteiger partial charge in [0.15, 0.2) is 0 Å². The minimum Gasteiger partial charge on any atom is -0.398 e. The summed E-state index contributed by atoms with van der Waals surface area (Å²) in [6.07, 6.45) is 1.90. The molecule has 16 heavy (non-hydrogen) atoms. The van der Waals surface area contributed by atoms with Crippen LogP contribution in [-0.2, 0) is 4.84 Å².